The van der Waals surface area contributed by atoms with Crippen LogP contribution in [0.5, 0.6) is 5.75 Å². The topological polar surface area (TPSA) is 52.6 Å². The maximum atomic E-state index is 11.5. The Balaban J connectivity index is 2.44. The van der Waals surface area contributed by atoms with Gasteiger partial charge in [0, 0.05) is 12.2 Å². The normalized spacial score (nSPS) is 10.6. The third-order valence-corrected chi connectivity index (χ3v) is 3.28. The highest BCUT2D eigenvalue weighted by Gasteiger charge is 2.09. The lowest BCUT2D eigenvalue weighted by Crippen LogP contribution is -2.07. The molecule has 6 heteroatoms. The average Bonchev–Trinajstić information content (AvgIpc) is 2.46. The molecule has 0 saturated carbocycles. The number of carbonyl (C=O) groups excluding carboxylic acids is 2. The summed E-state index contributed by atoms with van der Waals surface area (Å²) in [6.07, 6.45) is 4.84. The lowest BCUT2D eigenvalue weighted by molar-refractivity contribution is -0.138. The van der Waals surface area contributed by atoms with Crippen molar-refractivity contribution in [1.82, 2.24) is 0 Å². The summed E-state index contributed by atoms with van der Waals surface area (Å²) >= 11 is 11.7. The van der Waals surface area contributed by atoms with Gasteiger partial charge in [-0.3, -0.25) is 0 Å². The molecule has 0 aliphatic carbocycles. The van der Waals surface area contributed by atoms with E-state index in [1.165, 1.54) is 6.07 Å². The minimum absolute atomic E-state index is 0.134. The van der Waals surface area contributed by atoms with Crippen LogP contribution in [0.2, 0.25) is 10.0 Å². The maximum absolute atomic E-state index is 11.5. The Morgan fingerprint density at radius 2 is 1.86 bits per heavy atom. The van der Waals surface area contributed by atoms with Gasteiger partial charge in [-0.15, -0.1) is 0 Å². The number of halogens is 2. The van der Waals surface area contributed by atoms with Gasteiger partial charge in [0.1, 0.15) is 5.02 Å². The van der Waals surface area contributed by atoms with Gasteiger partial charge in [0.05, 0.1) is 11.6 Å². The van der Waals surface area contributed by atoms with Crippen molar-refractivity contribution in [2.75, 3.05) is 6.61 Å². The molecule has 1 aromatic carbocycles. The first kappa shape index (κ1) is 17.5. The Morgan fingerprint density at radius 3 is 2.57 bits per heavy atom. The second-order valence-electron chi connectivity index (χ2n) is 4.18. The minimum Gasteiger partial charge on any atom is -0.463 e. The van der Waals surface area contributed by atoms with Crippen LogP contribution in [0.15, 0.2) is 30.4 Å². The smallest absolute Gasteiger partial charge is 0.336 e. The van der Waals surface area contributed by atoms with Gasteiger partial charge < -0.3 is 9.47 Å². The van der Waals surface area contributed by atoms with E-state index in [2.05, 4.69) is 6.92 Å². The second kappa shape index (κ2) is 9.42. The van der Waals surface area contributed by atoms with Crippen molar-refractivity contribution in [1.29, 1.82) is 0 Å². The van der Waals surface area contributed by atoms with Gasteiger partial charge in [0.2, 0.25) is 0 Å². The third kappa shape index (κ3) is 6.65. The van der Waals surface area contributed by atoms with Gasteiger partial charge >= 0.3 is 11.9 Å². The molecular weight excluding hydrogens is 315 g/mol. The van der Waals surface area contributed by atoms with Gasteiger partial charge in [0.25, 0.3) is 0 Å². The molecule has 0 aliphatic rings. The summed E-state index contributed by atoms with van der Waals surface area (Å²) in [7, 11) is 0. The molecule has 1 rings (SSSR count). The van der Waals surface area contributed by atoms with Crippen LogP contribution in [0.4, 0.5) is 0 Å². The minimum atomic E-state index is -0.732. The number of esters is 2. The highest BCUT2D eigenvalue weighted by Crippen LogP contribution is 2.31. The van der Waals surface area contributed by atoms with E-state index in [4.69, 9.17) is 32.7 Å². The number of benzene rings is 1. The van der Waals surface area contributed by atoms with Crippen molar-refractivity contribution in [2.24, 2.45) is 0 Å². The van der Waals surface area contributed by atoms with Crippen LogP contribution in [-0.2, 0) is 14.3 Å². The van der Waals surface area contributed by atoms with Crippen molar-refractivity contribution >= 4 is 35.1 Å². The largest absolute Gasteiger partial charge is 0.463 e. The zero-order valence-corrected chi connectivity index (χ0v) is 13.1. The first-order valence-corrected chi connectivity index (χ1v) is 7.30. The molecule has 0 unspecified atom stereocenters. The lowest BCUT2D eigenvalue weighted by Gasteiger charge is -2.04. The fourth-order valence-electron chi connectivity index (χ4n) is 1.41. The molecule has 0 aliphatic heterocycles. The molecule has 0 bridgehead atoms. The SMILES string of the molecule is CCCCCOC(=O)/C=C/C(=O)Oc1cccc(Cl)c1Cl. The summed E-state index contributed by atoms with van der Waals surface area (Å²) in [5.74, 6) is -1.18. The maximum Gasteiger partial charge on any atom is 0.336 e. The van der Waals surface area contributed by atoms with Gasteiger partial charge in [-0.25, -0.2) is 9.59 Å². The highest BCUT2D eigenvalue weighted by atomic mass is 35.5. The summed E-state index contributed by atoms with van der Waals surface area (Å²) in [5.41, 5.74) is 0. The zero-order chi connectivity index (χ0) is 15.7. The van der Waals surface area contributed by atoms with E-state index >= 15 is 0 Å². The van der Waals surface area contributed by atoms with Crippen LogP contribution >= 0.6 is 23.2 Å². The Morgan fingerprint density at radius 1 is 1.14 bits per heavy atom. The van der Waals surface area contributed by atoms with E-state index in [0.717, 1.165) is 31.4 Å². The summed E-state index contributed by atoms with van der Waals surface area (Å²) < 4.78 is 9.88. The summed E-state index contributed by atoms with van der Waals surface area (Å²) in [6.45, 7) is 2.39. The van der Waals surface area contributed by atoms with E-state index in [9.17, 15) is 9.59 Å². The molecular formula is C15H16Cl2O4. The molecule has 0 N–H and O–H groups in total. The molecule has 0 amide bonds. The Kier molecular flexibility index (Phi) is 7.87. The van der Waals surface area contributed by atoms with Gasteiger partial charge in [0.15, 0.2) is 5.75 Å². The first-order valence-electron chi connectivity index (χ1n) is 6.55. The number of unbranched alkanes of at least 4 members (excludes halogenated alkanes) is 2. The lowest BCUT2D eigenvalue weighted by atomic mass is 10.3. The quantitative estimate of drug-likeness (QED) is 0.325. The highest BCUT2D eigenvalue weighted by molar-refractivity contribution is 6.43. The third-order valence-electron chi connectivity index (χ3n) is 2.47. The monoisotopic (exact) mass is 330 g/mol. The molecule has 0 atom stereocenters. The molecule has 0 spiro atoms. The van der Waals surface area contributed by atoms with Gasteiger partial charge in [-0.1, -0.05) is 49.0 Å². The van der Waals surface area contributed by atoms with Crippen molar-refractivity contribution in [3.8, 4) is 5.75 Å². The van der Waals surface area contributed by atoms with Gasteiger partial charge in [-0.05, 0) is 18.6 Å². The van der Waals surface area contributed by atoms with Crippen LogP contribution in [0.1, 0.15) is 26.2 Å². The predicted octanol–water partition coefficient (Wildman–Crippen LogP) is 4.19. The van der Waals surface area contributed by atoms with Crippen molar-refractivity contribution < 1.29 is 19.1 Å². The van der Waals surface area contributed by atoms with Crippen LogP contribution in [0.3, 0.4) is 0 Å². The number of carbonyl (C=O) groups is 2. The van der Waals surface area contributed by atoms with Crippen molar-refractivity contribution in [3.63, 3.8) is 0 Å². The van der Waals surface area contributed by atoms with Gasteiger partial charge in [-0.2, -0.15) is 0 Å². The molecule has 0 radical (unpaired) electrons. The fourth-order valence-corrected chi connectivity index (χ4v) is 1.74. The summed E-state index contributed by atoms with van der Waals surface area (Å²) in [5, 5.41) is 0.421. The Labute approximate surface area is 133 Å². The number of hydrogen-bond acceptors (Lipinski definition) is 4. The zero-order valence-electron chi connectivity index (χ0n) is 11.6. The number of rotatable bonds is 7. The van der Waals surface area contributed by atoms with Crippen LogP contribution < -0.4 is 4.74 Å². The second-order valence-corrected chi connectivity index (χ2v) is 4.97. The van der Waals surface area contributed by atoms with Crippen LogP contribution in [-0.4, -0.2) is 18.5 Å². The first-order chi connectivity index (χ1) is 10.0. The average molecular weight is 331 g/mol. The van der Waals surface area contributed by atoms with E-state index in [1.54, 1.807) is 12.1 Å². The molecule has 0 aromatic heterocycles. The molecule has 114 valence electrons. The van der Waals surface area contributed by atoms with E-state index in [1.807, 2.05) is 0 Å². The molecule has 1 aromatic rings. The van der Waals surface area contributed by atoms with Crippen LogP contribution in [0.25, 0.3) is 0 Å². The number of ether oxygens (including phenoxy) is 2. The van der Waals surface area contributed by atoms with Crippen LogP contribution in [0, 0.1) is 0 Å². The summed E-state index contributed by atoms with van der Waals surface area (Å²) in [6, 6.07) is 4.68. The van der Waals surface area contributed by atoms with E-state index < -0.39 is 11.9 Å². The van der Waals surface area contributed by atoms with E-state index in [-0.39, 0.29) is 15.8 Å². The van der Waals surface area contributed by atoms with Crippen molar-refractivity contribution in [3.05, 3.63) is 40.4 Å². The Hall–Kier alpha value is -1.52. The van der Waals surface area contributed by atoms with Crippen molar-refractivity contribution in [2.45, 2.75) is 26.2 Å². The molecule has 0 saturated heterocycles. The van der Waals surface area contributed by atoms with E-state index in [0.29, 0.717) is 6.61 Å². The Bertz CT molecular complexity index is 526. The molecule has 4 nitrogen and oxygen atoms in total. The molecule has 0 heterocycles. The number of hydrogen-bond donors (Lipinski definition) is 0. The predicted molar refractivity (Wildman–Crippen MR) is 81.7 cm³/mol. The molecule has 21 heavy (non-hydrogen) atoms. The molecule has 0 fully saturated rings. The summed E-state index contributed by atoms with van der Waals surface area (Å²) in [4.78, 5) is 22.9. The fraction of sp³-hybridized carbons (Fsp3) is 0.333. The standard InChI is InChI=1S/C15H16Cl2O4/c1-2-3-4-10-20-13(18)8-9-14(19)21-12-7-5-6-11(16)15(12)17/h5-9H,2-4,10H2,1H3/b9-8+.